The minimum absolute atomic E-state index is 1.00. The molecular formula is C8H8S2. The van der Waals surface area contributed by atoms with E-state index in [1.165, 1.54) is 24.0 Å². The molecule has 52 valence electrons. The van der Waals surface area contributed by atoms with Gasteiger partial charge in [0.2, 0.25) is 0 Å². The molecule has 0 N–H and O–H groups in total. The van der Waals surface area contributed by atoms with Crippen LogP contribution in [0.15, 0.2) is 21.9 Å². The summed E-state index contributed by atoms with van der Waals surface area (Å²) in [6.07, 6.45) is 2.44. The summed E-state index contributed by atoms with van der Waals surface area (Å²) in [6, 6.07) is 4.23. The third kappa shape index (κ3) is 0.867. The summed E-state index contributed by atoms with van der Waals surface area (Å²) in [5, 5.41) is 0. The maximum absolute atomic E-state index is 4.27. The molecular weight excluding hydrogens is 160 g/mol. The predicted octanol–water partition coefficient (Wildman–Crippen LogP) is 2.36. The van der Waals surface area contributed by atoms with Gasteiger partial charge in [-0.1, -0.05) is 0 Å². The normalized spacial score (nSPS) is 14.2. The van der Waals surface area contributed by atoms with E-state index in [1.807, 2.05) is 0 Å². The minimum atomic E-state index is 1.00. The van der Waals surface area contributed by atoms with Crippen molar-refractivity contribution in [3.8, 4) is 0 Å². The van der Waals surface area contributed by atoms with E-state index in [-0.39, 0.29) is 0 Å². The van der Waals surface area contributed by atoms with Crippen molar-refractivity contribution in [1.82, 2.24) is 0 Å². The molecule has 0 unspecified atom stereocenters. The van der Waals surface area contributed by atoms with Crippen molar-refractivity contribution in [1.29, 1.82) is 0 Å². The number of aryl methyl sites for hydroxylation is 2. The van der Waals surface area contributed by atoms with E-state index in [4.69, 9.17) is 0 Å². The standard InChI is InChI=1S/C8H8S2/c9-7-3-5-1-2-6(5)4-8(7)10/h3-4,9-10H,1-2H2. The third-order valence-electron chi connectivity index (χ3n) is 1.96. The first-order valence-corrected chi connectivity index (χ1v) is 4.20. The van der Waals surface area contributed by atoms with Gasteiger partial charge < -0.3 is 0 Å². The topological polar surface area (TPSA) is 0 Å². The molecule has 0 bridgehead atoms. The van der Waals surface area contributed by atoms with Crippen molar-refractivity contribution < 1.29 is 0 Å². The van der Waals surface area contributed by atoms with Gasteiger partial charge in [0.1, 0.15) is 0 Å². The van der Waals surface area contributed by atoms with Crippen molar-refractivity contribution in [3.05, 3.63) is 23.3 Å². The van der Waals surface area contributed by atoms with Crippen LogP contribution in [0.5, 0.6) is 0 Å². The van der Waals surface area contributed by atoms with Gasteiger partial charge in [0.05, 0.1) is 0 Å². The van der Waals surface area contributed by atoms with Gasteiger partial charge in [-0.05, 0) is 36.1 Å². The van der Waals surface area contributed by atoms with Crippen LogP contribution in [0.1, 0.15) is 11.1 Å². The van der Waals surface area contributed by atoms with E-state index in [0.29, 0.717) is 0 Å². The molecule has 0 amide bonds. The van der Waals surface area contributed by atoms with Crippen LogP contribution in [0.4, 0.5) is 0 Å². The van der Waals surface area contributed by atoms with Crippen molar-refractivity contribution in [2.45, 2.75) is 22.6 Å². The Labute approximate surface area is 71.5 Å². The second-order valence-electron chi connectivity index (χ2n) is 2.61. The van der Waals surface area contributed by atoms with Crippen LogP contribution >= 0.6 is 25.3 Å². The monoisotopic (exact) mass is 168 g/mol. The van der Waals surface area contributed by atoms with Gasteiger partial charge >= 0.3 is 0 Å². The van der Waals surface area contributed by atoms with E-state index < -0.39 is 0 Å². The number of fused-ring (bicyclic) bond motifs is 1. The molecule has 0 heterocycles. The highest BCUT2D eigenvalue weighted by Gasteiger charge is 2.13. The Morgan fingerprint density at radius 3 is 1.60 bits per heavy atom. The first-order chi connectivity index (χ1) is 4.77. The molecule has 1 aromatic carbocycles. The molecule has 2 rings (SSSR count). The van der Waals surface area contributed by atoms with Crippen LogP contribution < -0.4 is 0 Å². The molecule has 0 atom stereocenters. The summed E-state index contributed by atoms with van der Waals surface area (Å²) < 4.78 is 0. The number of thiol groups is 2. The molecule has 1 aliphatic rings. The molecule has 0 aromatic heterocycles. The van der Waals surface area contributed by atoms with Gasteiger partial charge in [0, 0.05) is 9.79 Å². The van der Waals surface area contributed by atoms with Crippen LogP contribution in [-0.2, 0) is 12.8 Å². The largest absolute Gasteiger partial charge is 0.142 e. The van der Waals surface area contributed by atoms with E-state index in [9.17, 15) is 0 Å². The van der Waals surface area contributed by atoms with E-state index in [2.05, 4.69) is 37.4 Å². The maximum Gasteiger partial charge on any atom is 0.0177 e. The average Bonchev–Trinajstić information content (AvgIpc) is 1.89. The number of hydrogen-bond acceptors (Lipinski definition) is 2. The minimum Gasteiger partial charge on any atom is -0.142 e. The summed E-state index contributed by atoms with van der Waals surface area (Å²) >= 11 is 8.54. The lowest BCUT2D eigenvalue weighted by molar-refractivity contribution is 0.821. The van der Waals surface area contributed by atoms with E-state index in [1.54, 1.807) is 0 Å². The fourth-order valence-corrected chi connectivity index (χ4v) is 1.66. The molecule has 2 heteroatoms. The van der Waals surface area contributed by atoms with Gasteiger partial charge in [-0.2, -0.15) is 0 Å². The number of hydrogen-bond donors (Lipinski definition) is 2. The zero-order valence-corrected chi connectivity index (χ0v) is 7.25. The quantitative estimate of drug-likeness (QED) is 0.546. The Bertz CT molecular complexity index is 239. The molecule has 1 aromatic rings. The smallest absolute Gasteiger partial charge is 0.0177 e. The first kappa shape index (κ1) is 6.62. The molecule has 0 saturated heterocycles. The van der Waals surface area contributed by atoms with Gasteiger partial charge in [-0.3, -0.25) is 0 Å². The highest BCUT2D eigenvalue weighted by molar-refractivity contribution is 7.83. The van der Waals surface area contributed by atoms with Crippen LogP contribution in [0.2, 0.25) is 0 Å². The zero-order valence-electron chi connectivity index (χ0n) is 5.46. The molecule has 0 saturated carbocycles. The zero-order chi connectivity index (χ0) is 7.14. The Morgan fingerprint density at radius 2 is 1.30 bits per heavy atom. The number of benzene rings is 1. The van der Waals surface area contributed by atoms with E-state index in [0.717, 1.165) is 9.79 Å². The highest BCUT2D eigenvalue weighted by atomic mass is 32.1. The summed E-state index contributed by atoms with van der Waals surface area (Å²) in [6.45, 7) is 0. The molecule has 10 heavy (non-hydrogen) atoms. The predicted molar refractivity (Wildman–Crippen MR) is 48.4 cm³/mol. The lowest BCUT2D eigenvalue weighted by Crippen LogP contribution is -2.07. The van der Waals surface area contributed by atoms with Crippen LogP contribution in [0, 0.1) is 0 Å². The average molecular weight is 168 g/mol. The second-order valence-corrected chi connectivity index (χ2v) is 3.57. The molecule has 0 spiro atoms. The number of rotatable bonds is 0. The highest BCUT2D eigenvalue weighted by Crippen LogP contribution is 2.29. The Morgan fingerprint density at radius 1 is 0.900 bits per heavy atom. The van der Waals surface area contributed by atoms with Gasteiger partial charge in [0.15, 0.2) is 0 Å². The third-order valence-corrected chi connectivity index (χ3v) is 2.88. The van der Waals surface area contributed by atoms with Crippen LogP contribution in [0.25, 0.3) is 0 Å². The van der Waals surface area contributed by atoms with Gasteiger partial charge in [0.25, 0.3) is 0 Å². The van der Waals surface area contributed by atoms with Crippen LogP contribution in [-0.4, -0.2) is 0 Å². The summed E-state index contributed by atoms with van der Waals surface area (Å²) in [7, 11) is 0. The summed E-state index contributed by atoms with van der Waals surface area (Å²) in [5.74, 6) is 0. The van der Waals surface area contributed by atoms with Gasteiger partial charge in [-0.15, -0.1) is 25.3 Å². The van der Waals surface area contributed by atoms with Crippen molar-refractivity contribution in [2.75, 3.05) is 0 Å². The fraction of sp³-hybridized carbons (Fsp3) is 0.250. The van der Waals surface area contributed by atoms with Crippen LogP contribution in [0.3, 0.4) is 0 Å². The van der Waals surface area contributed by atoms with Crippen molar-refractivity contribution in [3.63, 3.8) is 0 Å². The lowest BCUT2D eigenvalue weighted by atomic mass is 9.89. The Kier molecular flexibility index (Phi) is 1.46. The molecule has 0 radical (unpaired) electrons. The second kappa shape index (κ2) is 2.21. The first-order valence-electron chi connectivity index (χ1n) is 3.31. The van der Waals surface area contributed by atoms with Crippen molar-refractivity contribution in [2.24, 2.45) is 0 Å². The van der Waals surface area contributed by atoms with E-state index >= 15 is 0 Å². The summed E-state index contributed by atoms with van der Waals surface area (Å²) in [5.41, 5.74) is 2.89. The molecule has 0 fully saturated rings. The Hall–Kier alpha value is -0.0800. The maximum atomic E-state index is 4.27. The fourth-order valence-electron chi connectivity index (χ4n) is 1.22. The molecule has 0 nitrogen and oxygen atoms in total. The lowest BCUT2D eigenvalue weighted by Gasteiger charge is -2.19. The summed E-state index contributed by atoms with van der Waals surface area (Å²) in [4.78, 5) is 2.00. The SMILES string of the molecule is Sc1cc2c(cc1S)CC2. The van der Waals surface area contributed by atoms with Gasteiger partial charge in [-0.25, -0.2) is 0 Å². The molecule has 0 aliphatic heterocycles. The Balaban J connectivity index is 2.60. The molecule has 1 aliphatic carbocycles. The van der Waals surface area contributed by atoms with Crippen molar-refractivity contribution >= 4 is 25.3 Å².